The average Bonchev–Trinajstić information content (AvgIpc) is 3.71. The first kappa shape index (κ1) is 29.4. The summed E-state index contributed by atoms with van der Waals surface area (Å²) in [6.45, 7) is 8.81. The Morgan fingerprint density at radius 3 is 2.79 bits per heavy atom. The first-order valence-electron chi connectivity index (χ1n) is 15.5. The third-order valence-corrected chi connectivity index (χ3v) is 10.6. The summed E-state index contributed by atoms with van der Waals surface area (Å²) in [4.78, 5) is 29.3. The summed E-state index contributed by atoms with van der Waals surface area (Å²) in [5.74, 6) is 0.0839. The Hall–Kier alpha value is -2.31. The Balaban J connectivity index is 1.25. The number of hydrogen-bond donors (Lipinski definition) is 0. The van der Waals surface area contributed by atoms with Crippen LogP contribution in [0.3, 0.4) is 0 Å². The Kier molecular flexibility index (Phi) is 7.28. The van der Waals surface area contributed by atoms with Gasteiger partial charge in [-0.2, -0.15) is 9.97 Å². The molecular weight excluding hydrogens is 624 g/mol. The van der Waals surface area contributed by atoms with E-state index in [9.17, 15) is 9.18 Å². The first-order valence-corrected chi connectivity index (χ1v) is 16.3. The van der Waals surface area contributed by atoms with E-state index in [0.717, 1.165) is 45.1 Å². The van der Waals surface area contributed by atoms with Crippen molar-refractivity contribution in [1.29, 1.82) is 0 Å². The number of halogens is 3. The molecule has 234 valence electrons. The Morgan fingerprint density at radius 1 is 1.19 bits per heavy atom. The van der Waals surface area contributed by atoms with Gasteiger partial charge in [-0.15, -0.1) is 0 Å². The SMILES string of the molecule is CC(C)(C)OC(=O)N1[C@H]2CC[C@]1([C@@H]1CCCO1)CN(c1nc(OC[C@@]34CCCN3C[C@H](F)C4)nc3c(F)c(Br)ccc13)C2. The topological polar surface area (TPSA) is 80.3 Å². The highest BCUT2D eigenvalue weighted by molar-refractivity contribution is 9.10. The molecule has 5 atom stereocenters. The van der Waals surface area contributed by atoms with Crippen molar-refractivity contribution in [2.45, 2.75) is 101 Å². The van der Waals surface area contributed by atoms with Crippen LogP contribution in [-0.4, -0.2) is 100 Å². The van der Waals surface area contributed by atoms with Crippen LogP contribution in [-0.2, 0) is 9.47 Å². The number of nitrogens with zero attached hydrogens (tertiary/aromatic N) is 5. The lowest BCUT2D eigenvalue weighted by atomic mass is 9.86. The number of carbonyl (C=O) groups excluding carboxylic acids is 1. The van der Waals surface area contributed by atoms with E-state index in [1.165, 1.54) is 0 Å². The molecule has 43 heavy (non-hydrogen) atoms. The van der Waals surface area contributed by atoms with Gasteiger partial charge in [-0.1, -0.05) is 0 Å². The highest BCUT2D eigenvalue weighted by Gasteiger charge is 2.60. The molecule has 0 radical (unpaired) electrons. The van der Waals surface area contributed by atoms with Gasteiger partial charge in [0, 0.05) is 38.0 Å². The maximum atomic E-state index is 15.6. The molecule has 2 bridgehead atoms. The van der Waals surface area contributed by atoms with Crippen LogP contribution >= 0.6 is 15.9 Å². The van der Waals surface area contributed by atoms with Gasteiger partial charge < -0.3 is 19.1 Å². The Bertz CT molecular complexity index is 1420. The van der Waals surface area contributed by atoms with Crippen molar-refractivity contribution in [1.82, 2.24) is 19.8 Å². The Labute approximate surface area is 259 Å². The first-order chi connectivity index (χ1) is 20.5. The molecule has 0 N–H and O–H groups in total. The van der Waals surface area contributed by atoms with E-state index in [1.807, 2.05) is 31.7 Å². The average molecular weight is 665 g/mol. The number of ether oxygens (including phenoxy) is 3. The van der Waals surface area contributed by atoms with Gasteiger partial charge in [-0.25, -0.2) is 13.6 Å². The number of anilines is 1. The minimum atomic E-state index is -0.879. The number of piperazine rings is 1. The quantitative estimate of drug-likeness (QED) is 0.408. The summed E-state index contributed by atoms with van der Waals surface area (Å²) in [6, 6.07) is 3.45. The van der Waals surface area contributed by atoms with Gasteiger partial charge in [-0.3, -0.25) is 9.80 Å². The van der Waals surface area contributed by atoms with Crippen molar-refractivity contribution >= 4 is 38.7 Å². The van der Waals surface area contributed by atoms with Gasteiger partial charge in [-0.05, 0) is 93.9 Å². The molecule has 1 aromatic carbocycles. The highest BCUT2D eigenvalue weighted by Crippen LogP contribution is 2.47. The maximum absolute atomic E-state index is 15.6. The van der Waals surface area contributed by atoms with Crippen LogP contribution < -0.4 is 9.64 Å². The molecule has 0 unspecified atom stereocenters. The molecule has 9 nitrogen and oxygen atoms in total. The molecule has 0 saturated carbocycles. The predicted molar refractivity (Wildman–Crippen MR) is 161 cm³/mol. The predicted octanol–water partition coefficient (Wildman–Crippen LogP) is 5.62. The smallest absolute Gasteiger partial charge is 0.411 e. The van der Waals surface area contributed by atoms with Gasteiger partial charge in [0.15, 0.2) is 5.82 Å². The lowest BCUT2D eigenvalue weighted by Gasteiger charge is -2.51. The van der Waals surface area contributed by atoms with Crippen molar-refractivity contribution in [3.05, 3.63) is 22.4 Å². The van der Waals surface area contributed by atoms with E-state index in [0.29, 0.717) is 48.3 Å². The van der Waals surface area contributed by atoms with E-state index in [-0.39, 0.29) is 41.9 Å². The standard InChI is InChI=1S/C31H40BrF2N5O4/c1-29(2,3)43-28(40)39-20-9-11-31(39,23-6-4-13-41-23)17-37(16-20)26-21-7-8-22(32)24(34)25(21)35-27(36-26)42-18-30-10-5-12-38(30)15-19(33)14-30/h7-8,19-20,23H,4-6,9-18H2,1-3H3/t19-,20+,23+,30+,31-/m1/s1. The van der Waals surface area contributed by atoms with Crippen LogP contribution in [0, 0.1) is 5.82 Å². The molecule has 1 aromatic heterocycles. The second-order valence-electron chi connectivity index (χ2n) is 14.0. The number of benzene rings is 1. The number of rotatable bonds is 5. The number of amides is 1. The van der Waals surface area contributed by atoms with Crippen molar-refractivity contribution in [3.63, 3.8) is 0 Å². The lowest BCUT2D eigenvalue weighted by molar-refractivity contribution is -0.0556. The normalized spacial score (nSPS) is 32.6. The second kappa shape index (κ2) is 10.7. The zero-order valence-corrected chi connectivity index (χ0v) is 26.7. The highest BCUT2D eigenvalue weighted by atomic mass is 79.9. The van der Waals surface area contributed by atoms with Crippen LogP contribution in [0.25, 0.3) is 10.9 Å². The largest absolute Gasteiger partial charge is 0.461 e. The van der Waals surface area contributed by atoms with Crippen LogP contribution in [0.5, 0.6) is 6.01 Å². The molecule has 5 aliphatic heterocycles. The molecule has 0 aliphatic carbocycles. The van der Waals surface area contributed by atoms with E-state index in [1.54, 1.807) is 6.07 Å². The molecule has 0 spiro atoms. The van der Waals surface area contributed by atoms with E-state index in [2.05, 4.69) is 30.7 Å². The zero-order valence-electron chi connectivity index (χ0n) is 25.1. The number of alkyl halides is 1. The van der Waals surface area contributed by atoms with Crippen LogP contribution in [0.4, 0.5) is 19.4 Å². The molecule has 6 heterocycles. The fraction of sp³-hybridized carbons (Fsp3) is 0.710. The molecule has 5 saturated heterocycles. The van der Waals surface area contributed by atoms with Crippen molar-refractivity contribution in [3.8, 4) is 6.01 Å². The summed E-state index contributed by atoms with van der Waals surface area (Å²) in [5, 5.41) is 0.575. The second-order valence-corrected chi connectivity index (χ2v) is 14.8. The summed E-state index contributed by atoms with van der Waals surface area (Å²) >= 11 is 3.31. The molecule has 5 fully saturated rings. The van der Waals surface area contributed by atoms with Crippen molar-refractivity contribution in [2.24, 2.45) is 0 Å². The van der Waals surface area contributed by atoms with Crippen LogP contribution in [0.15, 0.2) is 16.6 Å². The minimum Gasteiger partial charge on any atom is -0.461 e. The lowest BCUT2D eigenvalue weighted by Crippen LogP contribution is -2.68. The monoisotopic (exact) mass is 663 g/mol. The van der Waals surface area contributed by atoms with Gasteiger partial charge in [0.25, 0.3) is 0 Å². The third kappa shape index (κ3) is 5.05. The maximum Gasteiger partial charge on any atom is 0.411 e. The van der Waals surface area contributed by atoms with Gasteiger partial charge >= 0.3 is 12.1 Å². The fourth-order valence-electron chi connectivity index (χ4n) is 8.28. The minimum absolute atomic E-state index is 0.0797. The zero-order chi connectivity index (χ0) is 30.1. The molecule has 2 aromatic rings. The molecule has 1 amide bonds. The van der Waals surface area contributed by atoms with Crippen molar-refractivity contribution < 1.29 is 27.8 Å². The van der Waals surface area contributed by atoms with Crippen LogP contribution in [0.2, 0.25) is 0 Å². The molecule has 5 aliphatic rings. The third-order valence-electron chi connectivity index (χ3n) is 10.0. The van der Waals surface area contributed by atoms with Gasteiger partial charge in [0.2, 0.25) is 0 Å². The molecule has 7 rings (SSSR count). The summed E-state index contributed by atoms with van der Waals surface area (Å²) in [7, 11) is 0. The van der Waals surface area contributed by atoms with Gasteiger partial charge in [0.05, 0.1) is 27.7 Å². The molecular formula is C31H40BrF2N5O4. The summed E-state index contributed by atoms with van der Waals surface area (Å²) in [5.41, 5.74) is -1.44. The van der Waals surface area contributed by atoms with E-state index in [4.69, 9.17) is 19.2 Å². The molecule has 12 heteroatoms. The summed E-state index contributed by atoms with van der Waals surface area (Å²) < 4.78 is 48.7. The van der Waals surface area contributed by atoms with Crippen molar-refractivity contribution in [2.75, 3.05) is 44.3 Å². The van der Waals surface area contributed by atoms with Crippen LogP contribution in [0.1, 0.15) is 65.7 Å². The number of hydrogen-bond acceptors (Lipinski definition) is 8. The number of fused-ring (bicyclic) bond motifs is 4. The van der Waals surface area contributed by atoms with Gasteiger partial charge in [0.1, 0.15) is 29.7 Å². The van der Waals surface area contributed by atoms with E-state index >= 15 is 4.39 Å². The van der Waals surface area contributed by atoms with E-state index < -0.39 is 23.1 Å². The number of aromatic nitrogens is 2. The number of carbonyl (C=O) groups is 1. The Morgan fingerprint density at radius 2 is 2.02 bits per heavy atom. The summed E-state index contributed by atoms with van der Waals surface area (Å²) in [6.07, 6.45) is 4.33. The fourth-order valence-corrected chi connectivity index (χ4v) is 8.60.